The molecule has 0 radical (unpaired) electrons. The highest BCUT2D eigenvalue weighted by Gasteiger charge is 2.29. The Morgan fingerprint density at radius 3 is 2.86 bits per heavy atom. The van der Waals surface area contributed by atoms with Crippen molar-refractivity contribution in [1.82, 2.24) is 15.6 Å². The minimum atomic E-state index is -4.39. The average molecular weight is 316 g/mol. The molecule has 8 heteroatoms. The van der Waals surface area contributed by atoms with E-state index in [2.05, 4.69) is 20.6 Å². The minimum Gasteiger partial charge on any atom is -0.468 e. The van der Waals surface area contributed by atoms with Crippen LogP contribution in [0.5, 0.6) is 5.88 Å². The van der Waals surface area contributed by atoms with Gasteiger partial charge in [-0.1, -0.05) is 6.07 Å². The predicted octanol–water partition coefficient (Wildman–Crippen LogP) is 2.24. The molecule has 1 aliphatic rings. The number of hydrogen-bond acceptors (Lipinski definition) is 3. The summed E-state index contributed by atoms with van der Waals surface area (Å²) in [6, 6.07) is 3.74. The number of pyridine rings is 1. The van der Waals surface area contributed by atoms with Crippen molar-refractivity contribution in [3.8, 4) is 5.88 Å². The van der Waals surface area contributed by atoms with Crippen molar-refractivity contribution < 1.29 is 17.9 Å². The van der Waals surface area contributed by atoms with Gasteiger partial charge in [0.25, 0.3) is 0 Å². The van der Waals surface area contributed by atoms with E-state index >= 15 is 0 Å². The standard InChI is InChI=1S/C14H19F3N4O/c1-2-18-13(21-11-5-6-11)20-8-10-4-3-7-19-12(10)22-9-14(15,16)17/h3-4,7,11H,2,5-6,8-9H2,1H3,(H2,18,20,21). The number of nitrogens with one attached hydrogen (secondary N) is 2. The van der Waals surface area contributed by atoms with Crippen LogP contribution < -0.4 is 15.4 Å². The summed E-state index contributed by atoms with van der Waals surface area (Å²) in [6.07, 6.45) is -0.776. The van der Waals surface area contributed by atoms with Crippen LogP contribution in [0.1, 0.15) is 25.3 Å². The summed E-state index contributed by atoms with van der Waals surface area (Å²) in [5.74, 6) is 0.612. The molecule has 1 saturated carbocycles. The fourth-order valence-electron chi connectivity index (χ4n) is 1.73. The summed E-state index contributed by atoms with van der Waals surface area (Å²) in [5, 5.41) is 6.33. The van der Waals surface area contributed by atoms with Gasteiger partial charge in [0.2, 0.25) is 5.88 Å². The number of aliphatic imine (C=N–C) groups is 1. The number of hydrogen-bond donors (Lipinski definition) is 2. The topological polar surface area (TPSA) is 58.5 Å². The summed E-state index contributed by atoms with van der Waals surface area (Å²) in [5.41, 5.74) is 0.514. The maximum atomic E-state index is 12.2. The third-order valence-electron chi connectivity index (χ3n) is 2.89. The number of nitrogens with zero attached hydrogens (tertiary/aromatic N) is 2. The largest absolute Gasteiger partial charge is 0.468 e. The third kappa shape index (κ3) is 5.79. The summed E-state index contributed by atoms with van der Waals surface area (Å²) in [6.45, 7) is 1.50. The molecule has 2 N–H and O–H groups in total. The Balaban J connectivity index is 2.00. The lowest BCUT2D eigenvalue weighted by molar-refractivity contribution is -0.154. The lowest BCUT2D eigenvalue weighted by Gasteiger charge is -2.12. The lowest BCUT2D eigenvalue weighted by Crippen LogP contribution is -2.38. The minimum absolute atomic E-state index is 0.0363. The quantitative estimate of drug-likeness (QED) is 0.624. The number of rotatable bonds is 6. The molecule has 1 aromatic rings. The Hall–Kier alpha value is -1.99. The maximum Gasteiger partial charge on any atom is 0.422 e. The van der Waals surface area contributed by atoms with Crippen molar-refractivity contribution in [1.29, 1.82) is 0 Å². The number of alkyl halides is 3. The SMILES string of the molecule is CCNC(=NCc1cccnc1OCC(F)(F)F)NC1CC1. The van der Waals surface area contributed by atoms with Gasteiger partial charge in [-0.05, 0) is 25.8 Å². The Bertz CT molecular complexity index is 515. The molecule has 0 unspecified atom stereocenters. The van der Waals surface area contributed by atoms with Crippen LogP contribution in [-0.2, 0) is 6.54 Å². The molecule has 0 spiro atoms. The van der Waals surface area contributed by atoms with Crippen LogP contribution in [0.4, 0.5) is 13.2 Å². The molecule has 0 amide bonds. The molecule has 5 nitrogen and oxygen atoms in total. The molecule has 1 heterocycles. The third-order valence-corrected chi connectivity index (χ3v) is 2.89. The Labute approximate surface area is 127 Å². The summed E-state index contributed by atoms with van der Waals surface area (Å²) < 4.78 is 41.5. The highest BCUT2D eigenvalue weighted by Crippen LogP contribution is 2.21. The van der Waals surface area contributed by atoms with Crippen LogP contribution in [0.3, 0.4) is 0 Å². The van der Waals surface area contributed by atoms with E-state index in [1.807, 2.05) is 6.92 Å². The lowest BCUT2D eigenvalue weighted by atomic mass is 10.3. The first-order valence-electron chi connectivity index (χ1n) is 7.16. The van der Waals surface area contributed by atoms with Gasteiger partial charge < -0.3 is 15.4 Å². The smallest absolute Gasteiger partial charge is 0.422 e. The van der Waals surface area contributed by atoms with Gasteiger partial charge in [-0.2, -0.15) is 13.2 Å². The van der Waals surface area contributed by atoms with E-state index < -0.39 is 12.8 Å². The van der Waals surface area contributed by atoms with Crippen molar-refractivity contribution in [3.63, 3.8) is 0 Å². The summed E-state index contributed by atoms with van der Waals surface area (Å²) in [4.78, 5) is 8.21. The summed E-state index contributed by atoms with van der Waals surface area (Å²) >= 11 is 0. The number of aromatic nitrogens is 1. The van der Waals surface area contributed by atoms with Gasteiger partial charge in [-0.25, -0.2) is 9.98 Å². The highest BCUT2D eigenvalue weighted by atomic mass is 19.4. The molecule has 0 aromatic carbocycles. The van der Waals surface area contributed by atoms with Crippen molar-refractivity contribution in [2.45, 2.75) is 38.5 Å². The van der Waals surface area contributed by atoms with Gasteiger partial charge in [0.1, 0.15) is 0 Å². The zero-order valence-electron chi connectivity index (χ0n) is 12.3. The fraction of sp³-hybridized carbons (Fsp3) is 0.571. The summed E-state index contributed by atoms with van der Waals surface area (Å²) in [7, 11) is 0. The van der Waals surface area contributed by atoms with Crippen LogP contribution in [0.15, 0.2) is 23.3 Å². The molecule has 122 valence electrons. The molecule has 0 bridgehead atoms. The van der Waals surface area contributed by atoms with E-state index in [1.54, 1.807) is 12.1 Å². The van der Waals surface area contributed by atoms with Crippen LogP contribution >= 0.6 is 0 Å². The Kier molecular flexibility index (Phi) is 5.46. The first-order valence-corrected chi connectivity index (χ1v) is 7.16. The fourth-order valence-corrected chi connectivity index (χ4v) is 1.73. The average Bonchev–Trinajstić information content (AvgIpc) is 3.27. The molecule has 1 aliphatic carbocycles. The van der Waals surface area contributed by atoms with Crippen LogP contribution in [0.25, 0.3) is 0 Å². The second kappa shape index (κ2) is 7.33. The molecule has 0 atom stereocenters. The van der Waals surface area contributed by atoms with Crippen molar-refractivity contribution >= 4 is 5.96 Å². The molecule has 2 rings (SSSR count). The van der Waals surface area contributed by atoms with E-state index in [9.17, 15) is 13.2 Å². The number of halogens is 3. The molecule has 0 saturated heterocycles. The van der Waals surface area contributed by atoms with E-state index in [4.69, 9.17) is 4.74 Å². The Morgan fingerprint density at radius 2 is 2.23 bits per heavy atom. The van der Waals surface area contributed by atoms with Crippen LogP contribution in [-0.4, -0.2) is 36.3 Å². The van der Waals surface area contributed by atoms with Crippen molar-refractivity contribution in [3.05, 3.63) is 23.9 Å². The molecular weight excluding hydrogens is 297 g/mol. The highest BCUT2D eigenvalue weighted by molar-refractivity contribution is 5.80. The zero-order chi connectivity index (χ0) is 16.0. The maximum absolute atomic E-state index is 12.2. The van der Waals surface area contributed by atoms with Gasteiger partial charge in [-0.3, -0.25) is 0 Å². The van der Waals surface area contributed by atoms with Crippen molar-refractivity contribution in [2.24, 2.45) is 4.99 Å². The van der Waals surface area contributed by atoms with Gasteiger partial charge in [0, 0.05) is 24.3 Å². The molecule has 1 fully saturated rings. The zero-order valence-corrected chi connectivity index (χ0v) is 12.3. The molecule has 22 heavy (non-hydrogen) atoms. The van der Waals surface area contributed by atoms with E-state index in [1.165, 1.54) is 6.20 Å². The van der Waals surface area contributed by atoms with Gasteiger partial charge in [0.15, 0.2) is 12.6 Å². The molecule has 0 aliphatic heterocycles. The molecular formula is C14H19F3N4O. The normalized spacial score (nSPS) is 15.5. The number of guanidine groups is 1. The first-order chi connectivity index (χ1) is 10.5. The van der Waals surface area contributed by atoms with Gasteiger partial charge >= 0.3 is 6.18 Å². The van der Waals surface area contributed by atoms with E-state index in [0.29, 0.717) is 24.1 Å². The van der Waals surface area contributed by atoms with Crippen LogP contribution in [0.2, 0.25) is 0 Å². The Morgan fingerprint density at radius 1 is 1.45 bits per heavy atom. The second-order valence-electron chi connectivity index (χ2n) is 4.99. The predicted molar refractivity (Wildman–Crippen MR) is 76.8 cm³/mol. The first kappa shape index (κ1) is 16.4. The second-order valence-corrected chi connectivity index (χ2v) is 4.99. The monoisotopic (exact) mass is 316 g/mol. The van der Waals surface area contributed by atoms with Crippen LogP contribution in [0, 0.1) is 0 Å². The van der Waals surface area contributed by atoms with E-state index in [0.717, 1.165) is 12.8 Å². The molecule has 1 aromatic heterocycles. The van der Waals surface area contributed by atoms with Gasteiger partial charge in [-0.15, -0.1) is 0 Å². The van der Waals surface area contributed by atoms with E-state index in [-0.39, 0.29) is 12.4 Å². The van der Waals surface area contributed by atoms with Gasteiger partial charge in [0.05, 0.1) is 6.54 Å². The van der Waals surface area contributed by atoms with Crippen molar-refractivity contribution in [2.75, 3.05) is 13.2 Å². The number of ether oxygens (including phenoxy) is 1.